The molecule has 0 radical (unpaired) electrons. The van der Waals surface area contributed by atoms with Gasteiger partial charge in [-0.05, 0) is 35.6 Å². The quantitative estimate of drug-likeness (QED) is 0.622. The Kier molecular flexibility index (Phi) is 5.57. The van der Waals surface area contributed by atoms with Gasteiger partial charge in [0.1, 0.15) is 0 Å². The predicted octanol–water partition coefficient (Wildman–Crippen LogP) is 1.80. The summed E-state index contributed by atoms with van der Waals surface area (Å²) in [6.07, 6.45) is 2.10. The van der Waals surface area contributed by atoms with E-state index in [1.165, 1.54) is 11.1 Å². The Labute approximate surface area is 134 Å². The summed E-state index contributed by atoms with van der Waals surface area (Å²) in [7, 11) is -3.16. The van der Waals surface area contributed by atoms with Gasteiger partial charge in [-0.15, -0.1) is 11.3 Å². The Morgan fingerprint density at radius 3 is 2.59 bits per heavy atom. The molecule has 0 saturated heterocycles. The molecule has 1 aromatic heterocycles. The average Bonchev–Trinajstić information content (AvgIpc) is 2.98. The zero-order valence-electron chi connectivity index (χ0n) is 12.3. The first kappa shape index (κ1) is 16.5. The minimum absolute atomic E-state index is 0.308. The molecule has 7 heteroatoms. The molecular formula is C15H19N3O2S2. The van der Waals surface area contributed by atoms with E-state index in [0.29, 0.717) is 17.4 Å². The fourth-order valence-corrected chi connectivity index (χ4v) is 3.18. The minimum atomic E-state index is -3.16. The van der Waals surface area contributed by atoms with Gasteiger partial charge in [-0.3, -0.25) is 0 Å². The van der Waals surface area contributed by atoms with E-state index in [9.17, 15) is 8.42 Å². The number of guanidine groups is 1. The zero-order valence-corrected chi connectivity index (χ0v) is 14.0. The highest BCUT2D eigenvalue weighted by Crippen LogP contribution is 2.11. The predicted molar refractivity (Wildman–Crippen MR) is 90.9 cm³/mol. The molecule has 118 valence electrons. The molecule has 0 bridgehead atoms. The van der Waals surface area contributed by atoms with Crippen molar-refractivity contribution < 1.29 is 8.42 Å². The van der Waals surface area contributed by atoms with E-state index in [4.69, 9.17) is 5.73 Å². The Morgan fingerprint density at radius 1 is 1.27 bits per heavy atom. The van der Waals surface area contributed by atoms with Gasteiger partial charge in [0.2, 0.25) is 0 Å². The summed E-state index contributed by atoms with van der Waals surface area (Å²) in [6, 6.07) is 10.8. The molecule has 0 amide bonds. The van der Waals surface area contributed by atoms with Gasteiger partial charge in [-0.2, -0.15) is 0 Å². The highest BCUT2D eigenvalue weighted by Gasteiger charge is 2.05. The van der Waals surface area contributed by atoms with Crippen LogP contribution in [0, 0.1) is 0 Å². The molecule has 2 rings (SSSR count). The highest BCUT2D eigenvalue weighted by molar-refractivity contribution is 7.90. The third-order valence-corrected chi connectivity index (χ3v) is 5.11. The Morgan fingerprint density at radius 2 is 2.00 bits per heavy atom. The molecule has 0 aliphatic heterocycles. The van der Waals surface area contributed by atoms with E-state index in [1.54, 1.807) is 35.6 Å². The molecule has 5 nitrogen and oxygen atoms in total. The summed E-state index contributed by atoms with van der Waals surface area (Å²) < 4.78 is 22.7. The Hall–Kier alpha value is -1.86. The normalized spacial score (nSPS) is 12.3. The van der Waals surface area contributed by atoms with Crippen molar-refractivity contribution in [2.75, 3.05) is 12.8 Å². The molecule has 0 spiro atoms. The second-order valence-electron chi connectivity index (χ2n) is 4.87. The molecule has 0 aliphatic carbocycles. The molecule has 1 aromatic carbocycles. The molecular weight excluding hydrogens is 318 g/mol. The molecule has 0 atom stereocenters. The van der Waals surface area contributed by atoms with Crippen molar-refractivity contribution in [1.29, 1.82) is 0 Å². The number of hydrogen-bond donors (Lipinski definition) is 2. The summed E-state index contributed by atoms with van der Waals surface area (Å²) in [5.74, 6) is 0.392. The fraction of sp³-hybridized carbons (Fsp3) is 0.267. The summed E-state index contributed by atoms with van der Waals surface area (Å²) in [5, 5.41) is 5.11. The van der Waals surface area contributed by atoms with Crippen LogP contribution in [0.5, 0.6) is 0 Å². The number of rotatable bonds is 6. The van der Waals surface area contributed by atoms with Crippen molar-refractivity contribution in [3.8, 4) is 0 Å². The number of aliphatic imine (C=N–C) groups is 1. The SMILES string of the molecule is CS(=O)(=O)c1ccc(CN=C(N)NCCc2cccs2)cc1. The van der Waals surface area contributed by atoms with Crippen LogP contribution in [0.2, 0.25) is 0 Å². The smallest absolute Gasteiger partial charge is 0.188 e. The molecule has 3 N–H and O–H groups in total. The summed E-state index contributed by atoms with van der Waals surface area (Å²) >= 11 is 1.72. The van der Waals surface area contributed by atoms with Crippen molar-refractivity contribution >= 4 is 27.1 Å². The van der Waals surface area contributed by atoms with Gasteiger partial charge in [-0.25, -0.2) is 13.4 Å². The van der Waals surface area contributed by atoms with Crippen molar-refractivity contribution in [3.05, 3.63) is 52.2 Å². The molecule has 22 heavy (non-hydrogen) atoms. The van der Waals surface area contributed by atoms with Gasteiger partial charge >= 0.3 is 0 Å². The maximum atomic E-state index is 11.4. The van der Waals surface area contributed by atoms with Gasteiger partial charge < -0.3 is 11.1 Å². The van der Waals surface area contributed by atoms with Crippen LogP contribution >= 0.6 is 11.3 Å². The maximum Gasteiger partial charge on any atom is 0.188 e. The van der Waals surface area contributed by atoms with Crippen molar-refractivity contribution in [3.63, 3.8) is 0 Å². The van der Waals surface area contributed by atoms with Gasteiger partial charge in [0.05, 0.1) is 11.4 Å². The van der Waals surface area contributed by atoms with Crippen LogP contribution in [-0.2, 0) is 22.8 Å². The van der Waals surface area contributed by atoms with Crippen molar-refractivity contribution in [2.24, 2.45) is 10.7 Å². The minimum Gasteiger partial charge on any atom is -0.370 e. The average molecular weight is 337 g/mol. The van der Waals surface area contributed by atoms with Gasteiger partial charge in [0.15, 0.2) is 15.8 Å². The first-order valence-electron chi connectivity index (χ1n) is 6.80. The third-order valence-electron chi connectivity index (χ3n) is 3.04. The molecule has 0 unspecified atom stereocenters. The number of thiophene rings is 1. The topological polar surface area (TPSA) is 84.5 Å². The van der Waals surface area contributed by atoms with Gasteiger partial charge in [0.25, 0.3) is 0 Å². The first-order chi connectivity index (χ1) is 10.4. The van der Waals surface area contributed by atoms with Crippen LogP contribution < -0.4 is 11.1 Å². The molecule has 1 heterocycles. The second kappa shape index (κ2) is 7.42. The van der Waals surface area contributed by atoms with E-state index < -0.39 is 9.84 Å². The van der Waals surface area contributed by atoms with Gasteiger partial charge in [0, 0.05) is 17.7 Å². The molecule has 0 fully saturated rings. The number of nitrogens with zero attached hydrogens (tertiary/aromatic N) is 1. The summed E-state index contributed by atoms with van der Waals surface area (Å²) in [6.45, 7) is 1.16. The summed E-state index contributed by atoms with van der Waals surface area (Å²) in [5.41, 5.74) is 6.72. The molecule has 0 aliphatic rings. The zero-order chi connectivity index (χ0) is 16.0. The third kappa shape index (κ3) is 5.16. The maximum absolute atomic E-state index is 11.4. The monoisotopic (exact) mass is 337 g/mol. The van der Waals surface area contributed by atoms with Crippen LogP contribution in [0.3, 0.4) is 0 Å². The lowest BCUT2D eigenvalue weighted by Gasteiger charge is -2.05. The standard InChI is InChI=1S/C15H19N3O2S2/c1-22(19,20)14-6-4-12(5-7-14)11-18-15(16)17-9-8-13-3-2-10-21-13/h2-7,10H,8-9,11H2,1H3,(H3,16,17,18). The summed E-state index contributed by atoms with van der Waals surface area (Å²) in [4.78, 5) is 5.85. The number of sulfone groups is 1. The van der Waals surface area contributed by atoms with Crippen molar-refractivity contribution in [1.82, 2.24) is 5.32 Å². The fourth-order valence-electron chi connectivity index (χ4n) is 1.84. The number of benzene rings is 1. The number of nitrogens with two attached hydrogens (primary N) is 1. The molecule has 0 saturated carbocycles. The molecule has 2 aromatic rings. The Balaban J connectivity index is 1.82. The van der Waals surface area contributed by atoms with E-state index in [1.807, 2.05) is 11.4 Å². The van der Waals surface area contributed by atoms with E-state index >= 15 is 0 Å². The number of nitrogens with one attached hydrogen (secondary N) is 1. The van der Waals surface area contributed by atoms with E-state index in [-0.39, 0.29) is 0 Å². The lowest BCUT2D eigenvalue weighted by Crippen LogP contribution is -2.33. The van der Waals surface area contributed by atoms with Gasteiger partial charge in [-0.1, -0.05) is 18.2 Å². The lowest BCUT2D eigenvalue weighted by molar-refractivity contribution is 0.602. The van der Waals surface area contributed by atoms with Crippen LogP contribution in [-0.4, -0.2) is 27.2 Å². The van der Waals surface area contributed by atoms with Crippen LogP contribution in [0.15, 0.2) is 51.7 Å². The van der Waals surface area contributed by atoms with E-state index in [2.05, 4.69) is 16.4 Å². The van der Waals surface area contributed by atoms with Crippen LogP contribution in [0.25, 0.3) is 0 Å². The Bertz CT molecular complexity index is 721. The van der Waals surface area contributed by atoms with Crippen LogP contribution in [0.4, 0.5) is 0 Å². The van der Waals surface area contributed by atoms with Crippen LogP contribution in [0.1, 0.15) is 10.4 Å². The lowest BCUT2D eigenvalue weighted by atomic mass is 10.2. The first-order valence-corrected chi connectivity index (χ1v) is 9.57. The van der Waals surface area contributed by atoms with Crippen molar-refractivity contribution in [2.45, 2.75) is 17.9 Å². The largest absolute Gasteiger partial charge is 0.370 e. The van der Waals surface area contributed by atoms with E-state index in [0.717, 1.165) is 18.5 Å². The second-order valence-corrected chi connectivity index (χ2v) is 7.92. The number of hydrogen-bond acceptors (Lipinski definition) is 4. The highest BCUT2D eigenvalue weighted by atomic mass is 32.2.